The Labute approximate surface area is 110 Å². The number of hydrogen-bond acceptors (Lipinski definition) is 3. The van der Waals surface area contributed by atoms with Gasteiger partial charge in [0, 0.05) is 19.2 Å². The van der Waals surface area contributed by atoms with E-state index in [2.05, 4.69) is 26.2 Å². The lowest BCUT2D eigenvalue weighted by atomic mass is 10.2. The van der Waals surface area contributed by atoms with Crippen molar-refractivity contribution in [3.63, 3.8) is 0 Å². The van der Waals surface area contributed by atoms with Crippen LogP contribution in [-0.4, -0.2) is 30.6 Å². The first-order chi connectivity index (χ1) is 7.67. The van der Waals surface area contributed by atoms with Gasteiger partial charge in [-0.2, -0.15) is 0 Å². The van der Waals surface area contributed by atoms with Crippen LogP contribution in [0.1, 0.15) is 12.0 Å². The molecule has 0 saturated carbocycles. The largest absolute Gasteiger partial charge is 0.383 e. The van der Waals surface area contributed by atoms with Gasteiger partial charge in [-0.25, -0.2) is 4.98 Å². The van der Waals surface area contributed by atoms with Gasteiger partial charge in [0.1, 0.15) is 5.82 Å². The normalized spacial score (nSPS) is 12.5. The fourth-order valence-electron chi connectivity index (χ4n) is 1.36. The molecular weight excluding hydrogens is 291 g/mol. The maximum Gasteiger partial charge on any atom is 0.140 e. The number of aryl methyl sites for hydroxylation is 1. The van der Waals surface area contributed by atoms with Crippen molar-refractivity contribution in [2.75, 3.05) is 24.9 Å². The second-order valence-corrected chi connectivity index (χ2v) is 4.85. The number of halogens is 2. The van der Waals surface area contributed by atoms with Gasteiger partial charge >= 0.3 is 0 Å². The molecule has 1 heterocycles. The van der Waals surface area contributed by atoms with Crippen LogP contribution in [0.25, 0.3) is 0 Å². The molecule has 16 heavy (non-hydrogen) atoms. The minimum atomic E-state index is 0.189. The van der Waals surface area contributed by atoms with Crippen molar-refractivity contribution < 1.29 is 4.74 Å². The highest BCUT2D eigenvalue weighted by Gasteiger charge is 2.10. The van der Waals surface area contributed by atoms with Gasteiger partial charge in [-0.15, -0.1) is 11.6 Å². The van der Waals surface area contributed by atoms with Crippen LogP contribution in [0.4, 0.5) is 5.82 Å². The second kappa shape index (κ2) is 7.09. The smallest absolute Gasteiger partial charge is 0.140 e. The zero-order valence-electron chi connectivity index (χ0n) is 9.46. The van der Waals surface area contributed by atoms with E-state index in [1.807, 2.05) is 19.2 Å². The number of ether oxygens (including phenoxy) is 1. The molecule has 0 aromatic carbocycles. The molecule has 0 aliphatic heterocycles. The molecule has 3 nitrogen and oxygen atoms in total. The summed E-state index contributed by atoms with van der Waals surface area (Å²) in [5.41, 5.74) is 1.12. The summed E-state index contributed by atoms with van der Waals surface area (Å²) < 4.78 is 6.09. The molecule has 0 fully saturated rings. The number of methoxy groups -OCH3 is 1. The summed E-state index contributed by atoms with van der Waals surface area (Å²) in [6.07, 6.45) is 2.68. The van der Waals surface area contributed by atoms with Gasteiger partial charge < -0.3 is 10.1 Å². The van der Waals surface area contributed by atoms with Crippen molar-refractivity contribution >= 4 is 33.3 Å². The van der Waals surface area contributed by atoms with Crippen molar-refractivity contribution in [2.24, 2.45) is 0 Å². The van der Waals surface area contributed by atoms with Crippen molar-refractivity contribution in [1.29, 1.82) is 0 Å². The first-order valence-corrected chi connectivity index (χ1v) is 6.43. The number of pyridine rings is 1. The fraction of sp³-hybridized carbons (Fsp3) is 0.545. The summed E-state index contributed by atoms with van der Waals surface area (Å²) in [4.78, 5) is 4.33. The predicted octanol–water partition coefficient (Wildman–Crippen LogP) is 3.21. The van der Waals surface area contributed by atoms with Crippen molar-refractivity contribution in [2.45, 2.75) is 19.4 Å². The van der Waals surface area contributed by atoms with E-state index in [1.165, 1.54) is 0 Å². The summed E-state index contributed by atoms with van der Waals surface area (Å²) in [6.45, 7) is 2.63. The minimum absolute atomic E-state index is 0.189. The van der Waals surface area contributed by atoms with Gasteiger partial charge in [-0.1, -0.05) is 0 Å². The van der Waals surface area contributed by atoms with Crippen LogP contribution in [0, 0.1) is 6.92 Å². The predicted molar refractivity (Wildman–Crippen MR) is 71.3 cm³/mol. The van der Waals surface area contributed by atoms with Crippen molar-refractivity contribution in [3.8, 4) is 0 Å². The third-order valence-electron chi connectivity index (χ3n) is 2.14. The SMILES string of the molecule is COCC(CCCl)Nc1ncc(C)cc1Br. The Morgan fingerprint density at radius 3 is 2.94 bits per heavy atom. The van der Waals surface area contributed by atoms with E-state index in [0.29, 0.717) is 12.5 Å². The Morgan fingerprint density at radius 2 is 2.38 bits per heavy atom. The summed E-state index contributed by atoms with van der Waals surface area (Å²) in [5, 5.41) is 3.31. The van der Waals surface area contributed by atoms with Gasteiger partial charge in [-0.05, 0) is 40.9 Å². The van der Waals surface area contributed by atoms with Crippen LogP contribution in [0.2, 0.25) is 0 Å². The summed E-state index contributed by atoms with van der Waals surface area (Å²) in [7, 11) is 1.68. The van der Waals surface area contributed by atoms with Gasteiger partial charge in [0.05, 0.1) is 17.1 Å². The number of nitrogens with zero attached hydrogens (tertiary/aromatic N) is 1. The average molecular weight is 308 g/mol. The molecule has 0 bridgehead atoms. The molecule has 1 aromatic heterocycles. The maximum absolute atomic E-state index is 5.74. The van der Waals surface area contributed by atoms with E-state index in [1.54, 1.807) is 7.11 Å². The Kier molecular flexibility index (Phi) is 6.09. The van der Waals surface area contributed by atoms with Crippen LogP contribution in [-0.2, 0) is 4.74 Å². The lowest BCUT2D eigenvalue weighted by molar-refractivity contribution is 0.184. The highest BCUT2D eigenvalue weighted by atomic mass is 79.9. The molecule has 0 spiro atoms. The molecule has 1 atom stereocenters. The van der Waals surface area contributed by atoms with Gasteiger partial charge in [-0.3, -0.25) is 0 Å². The highest BCUT2D eigenvalue weighted by Crippen LogP contribution is 2.21. The van der Waals surface area contributed by atoms with E-state index in [-0.39, 0.29) is 6.04 Å². The molecule has 90 valence electrons. The van der Waals surface area contributed by atoms with E-state index in [4.69, 9.17) is 16.3 Å². The Hall–Kier alpha value is -0.320. The quantitative estimate of drug-likeness (QED) is 0.820. The lowest BCUT2D eigenvalue weighted by Crippen LogP contribution is -2.26. The van der Waals surface area contributed by atoms with Crippen LogP contribution < -0.4 is 5.32 Å². The third kappa shape index (κ3) is 4.28. The first kappa shape index (κ1) is 13.7. The molecule has 1 rings (SSSR count). The van der Waals surface area contributed by atoms with Gasteiger partial charge in [0.25, 0.3) is 0 Å². The molecule has 0 aliphatic carbocycles. The topological polar surface area (TPSA) is 34.1 Å². The average Bonchev–Trinajstić information content (AvgIpc) is 2.23. The van der Waals surface area contributed by atoms with E-state index >= 15 is 0 Å². The summed E-state index contributed by atoms with van der Waals surface area (Å²) in [5.74, 6) is 1.43. The molecule has 0 aliphatic rings. The molecule has 1 aromatic rings. The number of rotatable bonds is 6. The van der Waals surface area contributed by atoms with Crippen LogP contribution in [0.15, 0.2) is 16.7 Å². The van der Waals surface area contributed by atoms with Crippen LogP contribution >= 0.6 is 27.5 Å². The molecule has 5 heteroatoms. The zero-order chi connectivity index (χ0) is 12.0. The lowest BCUT2D eigenvalue weighted by Gasteiger charge is -2.18. The van der Waals surface area contributed by atoms with E-state index in [0.717, 1.165) is 22.3 Å². The molecule has 0 radical (unpaired) electrons. The van der Waals surface area contributed by atoms with E-state index < -0.39 is 0 Å². The van der Waals surface area contributed by atoms with E-state index in [9.17, 15) is 0 Å². The Bertz CT molecular complexity index is 330. The summed E-state index contributed by atoms with van der Waals surface area (Å²) >= 11 is 9.21. The number of anilines is 1. The van der Waals surface area contributed by atoms with Crippen LogP contribution in [0.5, 0.6) is 0 Å². The monoisotopic (exact) mass is 306 g/mol. The molecule has 0 saturated heterocycles. The standard InChI is InChI=1S/C11H16BrClN2O/c1-8-5-10(12)11(14-6-8)15-9(3-4-13)7-16-2/h5-6,9H,3-4,7H2,1-2H3,(H,14,15). The number of nitrogens with one attached hydrogen (secondary N) is 1. The number of hydrogen-bond donors (Lipinski definition) is 1. The second-order valence-electron chi connectivity index (χ2n) is 3.62. The minimum Gasteiger partial charge on any atom is -0.383 e. The van der Waals surface area contributed by atoms with Crippen LogP contribution in [0.3, 0.4) is 0 Å². The first-order valence-electron chi connectivity index (χ1n) is 5.11. The third-order valence-corrected chi connectivity index (χ3v) is 2.97. The Balaban J connectivity index is 2.68. The van der Waals surface area contributed by atoms with Crippen molar-refractivity contribution in [3.05, 3.63) is 22.3 Å². The molecular formula is C11H16BrClN2O. The maximum atomic E-state index is 5.74. The molecule has 1 unspecified atom stereocenters. The molecule has 0 amide bonds. The van der Waals surface area contributed by atoms with Gasteiger partial charge in [0.2, 0.25) is 0 Å². The fourth-order valence-corrected chi connectivity index (χ4v) is 2.20. The number of aromatic nitrogens is 1. The van der Waals surface area contributed by atoms with Gasteiger partial charge in [0.15, 0.2) is 0 Å². The number of alkyl halides is 1. The zero-order valence-corrected chi connectivity index (χ0v) is 11.8. The van der Waals surface area contributed by atoms with Crippen molar-refractivity contribution in [1.82, 2.24) is 4.98 Å². The molecule has 1 N–H and O–H groups in total. The summed E-state index contributed by atoms with van der Waals surface area (Å²) in [6, 6.07) is 2.22. The highest BCUT2D eigenvalue weighted by molar-refractivity contribution is 9.10. The Morgan fingerprint density at radius 1 is 1.62 bits per heavy atom.